The molecule has 68 valence electrons. The summed E-state index contributed by atoms with van der Waals surface area (Å²) in [4.78, 5) is 4.08. The molecule has 4 heteroatoms. The van der Waals surface area contributed by atoms with Crippen LogP contribution in [0.3, 0.4) is 0 Å². The molecule has 0 radical (unpaired) electrons. The largest absolute Gasteiger partial charge is 0.382 e. The second kappa shape index (κ2) is 4.23. The summed E-state index contributed by atoms with van der Waals surface area (Å²) in [5, 5.41) is 10.4. The van der Waals surface area contributed by atoms with Crippen LogP contribution in [0.25, 0.3) is 0 Å². The van der Waals surface area contributed by atoms with Gasteiger partial charge in [0.25, 0.3) is 0 Å². The first kappa shape index (κ1) is 9.22. The van der Waals surface area contributed by atoms with Crippen LogP contribution in [0.1, 0.15) is 13.3 Å². The molecule has 0 amide bonds. The summed E-state index contributed by atoms with van der Waals surface area (Å²) >= 11 is 0. The van der Waals surface area contributed by atoms with E-state index in [4.69, 9.17) is 4.74 Å². The number of rotatable bonds is 3. The Morgan fingerprint density at radius 2 is 2.50 bits per heavy atom. The van der Waals surface area contributed by atoms with Gasteiger partial charge in [0.15, 0.2) is 0 Å². The molecule has 1 N–H and O–H groups in total. The van der Waals surface area contributed by atoms with E-state index < -0.39 is 0 Å². The maximum absolute atomic E-state index is 9.29. The van der Waals surface area contributed by atoms with Crippen LogP contribution < -0.4 is 0 Å². The standard InChI is InChI=1S/C8H14N2O2/c1-7(12-2)6-8-9-4-3-5-10(8)11/h3-5,7-8,11H,6H2,1-2H3. The highest BCUT2D eigenvalue weighted by Gasteiger charge is 2.16. The van der Waals surface area contributed by atoms with Gasteiger partial charge in [-0.15, -0.1) is 0 Å². The van der Waals surface area contributed by atoms with Crippen molar-refractivity contribution in [3.63, 3.8) is 0 Å². The molecule has 0 bridgehead atoms. The van der Waals surface area contributed by atoms with Crippen molar-refractivity contribution in [3.8, 4) is 0 Å². The van der Waals surface area contributed by atoms with Crippen molar-refractivity contribution in [1.82, 2.24) is 5.06 Å². The van der Waals surface area contributed by atoms with Crippen molar-refractivity contribution in [1.29, 1.82) is 0 Å². The molecule has 4 nitrogen and oxygen atoms in total. The Balaban J connectivity index is 2.41. The van der Waals surface area contributed by atoms with E-state index >= 15 is 0 Å². The highest BCUT2D eigenvalue weighted by atomic mass is 16.5. The molecule has 1 aliphatic heterocycles. The van der Waals surface area contributed by atoms with E-state index in [0.29, 0.717) is 6.42 Å². The minimum atomic E-state index is -0.204. The first-order valence-electron chi connectivity index (χ1n) is 3.94. The summed E-state index contributed by atoms with van der Waals surface area (Å²) in [6.45, 7) is 1.95. The number of allylic oxidation sites excluding steroid dienone is 1. The summed E-state index contributed by atoms with van der Waals surface area (Å²) < 4.78 is 5.07. The van der Waals surface area contributed by atoms with Gasteiger partial charge in [0, 0.05) is 25.9 Å². The first-order chi connectivity index (χ1) is 5.74. The zero-order valence-electron chi connectivity index (χ0n) is 7.34. The van der Waals surface area contributed by atoms with E-state index in [1.807, 2.05) is 6.92 Å². The van der Waals surface area contributed by atoms with Crippen LogP contribution in [0.2, 0.25) is 0 Å². The van der Waals surface area contributed by atoms with Crippen molar-refractivity contribution in [3.05, 3.63) is 12.3 Å². The lowest BCUT2D eigenvalue weighted by atomic mass is 10.2. The Hall–Kier alpha value is -0.870. The lowest BCUT2D eigenvalue weighted by molar-refractivity contribution is -0.0896. The van der Waals surface area contributed by atoms with Gasteiger partial charge in [-0.1, -0.05) is 0 Å². The average Bonchev–Trinajstić information content (AvgIpc) is 2.09. The molecule has 2 unspecified atom stereocenters. The molecule has 0 aromatic heterocycles. The molecular formula is C8H14N2O2. The Morgan fingerprint density at radius 3 is 3.08 bits per heavy atom. The molecule has 0 aliphatic carbocycles. The first-order valence-corrected chi connectivity index (χ1v) is 3.94. The average molecular weight is 170 g/mol. The van der Waals surface area contributed by atoms with Gasteiger partial charge in [-0.25, -0.2) is 5.06 Å². The normalized spacial score (nSPS) is 24.6. The van der Waals surface area contributed by atoms with Crippen LogP contribution in [0.15, 0.2) is 17.3 Å². The van der Waals surface area contributed by atoms with E-state index in [-0.39, 0.29) is 12.3 Å². The highest BCUT2D eigenvalue weighted by molar-refractivity contribution is 5.71. The van der Waals surface area contributed by atoms with Crippen LogP contribution in [0.5, 0.6) is 0 Å². The Morgan fingerprint density at radius 1 is 1.75 bits per heavy atom. The lowest BCUT2D eigenvalue weighted by Gasteiger charge is -2.24. The zero-order chi connectivity index (χ0) is 8.97. The molecule has 0 saturated carbocycles. The second-order valence-corrected chi connectivity index (χ2v) is 2.78. The van der Waals surface area contributed by atoms with Gasteiger partial charge >= 0.3 is 0 Å². The van der Waals surface area contributed by atoms with Crippen LogP contribution in [-0.2, 0) is 4.74 Å². The summed E-state index contributed by atoms with van der Waals surface area (Å²) in [6, 6.07) is 0. The fraction of sp³-hybridized carbons (Fsp3) is 0.625. The van der Waals surface area contributed by atoms with Gasteiger partial charge in [-0.3, -0.25) is 10.2 Å². The quantitative estimate of drug-likeness (QED) is 0.688. The highest BCUT2D eigenvalue weighted by Crippen LogP contribution is 2.10. The molecular weight excluding hydrogens is 156 g/mol. The number of ether oxygens (including phenoxy) is 1. The molecule has 1 rings (SSSR count). The van der Waals surface area contributed by atoms with Gasteiger partial charge in [0.05, 0.1) is 6.10 Å². The molecule has 0 aromatic carbocycles. The van der Waals surface area contributed by atoms with Crippen LogP contribution in [-0.4, -0.2) is 35.9 Å². The molecule has 0 fully saturated rings. The van der Waals surface area contributed by atoms with Crippen molar-refractivity contribution in [2.24, 2.45) is 4.99 Å². The fourth-order valence-electron chi connectivity index (χ4n) is 1.01. The third kappa shape index (κ3) is 2.32. The molecule has 1 heterocycles. The van der Waals surface area contributed by atoms with Crippen molar-refractivity contribution < 1.29 is 9.94 Å². The number of hydrogen-bond acceptors (Lipinski definition) is 4. The molecule has 0 spiro atoms. The van der Waals surface area contributed by atoms with Gasteiger partial charge in [-0.2, -0.15) is 0 Å². The summed E-state index contributed by atoms with van der Waals surface area (Å²) in [5.41, 5.74) is 0. The summed E-state index contributed by atoms with van der Waals surface area (Å²) in [7, 11) is 1.65. The van der Waals surface area contributed by atoms with Gasteiger partial charge in [0.1, 0.15) is 6.17 Å². The Labute approximate surface area is 72.1 Å². The van der Waals surface area contributed by atoms with Gasteiger partial charge in [0.2, 0.25) is 0 Å². The van der Waals surface area contributed by atoms with Crippen molar-refractivity contribution in [2.45, 2.75) is 25.6 Å². The van der Waals surface area contributed by atoms with Gasteiger partial charge < -0.3 is 4.74 Å². The number of nitrogens with zero attached hydrogens (tertiary/aromatic N) is 2. The molecule has 2 atom stereocenters. The summed E-state index contributed by atoms with van der Waals surface area (Å²) in [6.07, 6.45) is 5.54. The van der Waals surface area contributed by atoms with Crippen LogP contribution in [0, 0.1) is 0 Å². The minimum Gasteiger partial charge on any atom is -0.382 e. The van der Waals surface area contributed by atoms with Crippen LogP contribution >= 0.6 is 0 Å². The number of hydrogen-bond donors (Lipinski definition) is 1. The smallest absolute Gasteiger partial charge is 0.147 e. The molecule has 12 heavy (non-hydrogen) atoms. The predicted molar refractivity (Wildman–Crippen MR) is 46.1 cm³/mol. The predicted octanol–water partition coefficient (Wildman–Crippen LogP) is 1.03. The number of hydroxylamine groups is 2. The molecule has 1 aliphatic rings. The fourth-order valence-corrected chi connectivity index (χ4v) is 1.01. The van der Waals surface area contributed by atoms with E-state index in [2.05, 4.69) is 4.99 Å². The SMILES string of the molecule is COC(C)CC1N=CC=CN1O. The summed E-state index contributed by atoms with van der Waals surface area (Å²) in [5.74, 6) is 0. The van der Waals surface area contributed by atoms with E-state index in [0.717, 1.165) is 5.06 Å². The zero-order valence-corrected chi connectivity index (χ0v) is 7.34. The van der Waals surface area contributed by atoms with Gasteiger partial charge in [-0.05, 0) is 13.0 Å². The van der Waals surface area contributed by atoms with Crippen LogP contribution in [0.4, 0.5) is 0 Å². The van der Waals surface area contributed by atoms with E-state index in [1.54, 1.807) is 25.6 Å². The van der Waals surface area contributed by atoms with E-state index in [1.165, 1.54) is 0 Å². The molecule has 0 aromatic rings. The van der Waals surface area contributed by atoms with E-state index in [9.17, 15) is 5.21 Å². The Kier molecular flexibility index (Phi) is 3.25. The topological polar surface area (TPSA) is 45.1 Å². The van der Waals surface area contributed by atoms with Crippen molar-refractivity contribution >= 4 is 6.21 Å². The van der Waals surface area contributed by atoms with Crippen molar-refractivity contribution in [2.75, 3.05) is 7.11 Å². The number of methoxy groups -OCH3 is 1. The number of aliphatic imine (C=N–C) groups is 1. The third-order valence-corrected chi connectivity index (χ3v) is 1.83. The lowest BCUT2D eigenvalue weighted by Crippen LogP contribution is -2.31. The minimum absolute atomic E-state index is 0.105. The second-order valence-electron chi connectivity index (χ2n) is 2.78. The maximum atomic E-state index is 9.29. The Bertz CT molecular complexity index is 191. The monoisotopic (exact) mass is 170 g/mol. The maximum Gasteiger partial charge on any atom is 0.147 e. The third-order valence-electron chi connectivity index (χ3n) is 1.83. The molecule has 0 saturated heterocycles.